The summed E-state index contributed by atoms with van der Waals surface area (Å²) in [5.74, 6) is 1.85. The molecule has 0 atom stereocenters. The molecule has 2 aliphatic rings. The zero-order valence-corrected chi connectivity index (χ0v) is 15.6. The average molecular weight is 359 g/mol. The number of benzene rings is 1. The highest BCUT2D eigenvalue weighted by Crippen LogP contribution is 2.31. The van der Waals surface area contributed by atoms with E-state index in [1.54, 1.807) is 6.33 Å². The second-order valence-corrected chi connectivity index (χ2v) is 7.84. The molecule has 1 aliphatic heterocycles. The minimum atomic E-state index is 0.917. The molecule has 0 saturated heterocycles. The predicted molar refractivity (Wildman–Crippen MR) is 108 cm³/mol. The van der Waals surface area contributed by atoms with Gasteiger partial charge in [0, 0.05) is 24.0 Å². The first-order valence-corrected chi connectivity index (χ1v) is 10.0. The third-order valence-corrected chi connectivity index (χ3v) is 5.97. The number of aromatic nitrogens is 3. The van der Waals surface area contributed by atoms with Crippen LogP contribution in [0.4, 0.5) is 11.5 Å². The van der Waals surface area contributed by atoms with Gasteiger partial charge in [0.25, 0.3) is 0 Å². The Bertz CT molecular complexity index is 948. The normalized spacial score (nSPS) is 17.5. The Morgan fingerprint density at radius 1 is 1.04 bits per heavy atom. The smallest absolute Gasteiger partial charge is 0.138 e. The lowest BCUT2D eigenvalue weighted by Gasteiger charge is -2.17. The minimum absolute atomic E-state index is 0.917. The van der Waals surface area contributed by atoms with Gasteiger partial charge in [-0.2, -0.15) is 0 Å². The Morgan fingerprint density at radius 3 is 2.85 bits per heavy atom. The molecule has 1 fully saturated rings. The summed E-state index contributed by atoms with van der Waals surface area (Å²) in [7, 11) is 0. The highest BCUT2D eigenvalue weighted by atomic mass is 15.2. The monoisotopic (exact) mass is 359 g/mol. The highest BCUT2D eigenvalue weighted by Gasteiger charge is 2.25. The van der Waals surface area contributed by atoms with Gasteiger partial charge in [0.2, 0.25) is 0 Å². The maximum atomic E-state index is 4.54. The number of hydrogen-bond donors (Lipinski definition) is 1. The first kappa shape index (κ1) is 16.6. The summed E-state index contributed by atoms with van der Waals surface area (Å²) in [6.45, 7) is 3.04. The molecule has 1 aliphatic carbocycles. The molecule has 5 rings (SSSR count). The van der Waals surface area contributed by atoms with E-state index >= 15 is 0 Å². The van der Waals surface area contributed by atoms with Gasteiger partial charge in [0.15, 0.2) is 0 Å². The van der Waals surface area contributed by atoms with E-state index in [1.807, 2.05) is 24.4 Å². The highest BCUT2D eigenvalue weighted by molar-refractivity contribution is 5.82. The van der Waals surface area contributed by atoms with Gasteiger partial charge >= 0.3 is 0 Å². The number of para-hydroxylation sites is 1. The lowest BCUT2D eigenvalue weighted by molar-refractivity contribution is 0.257. The van der Waals surface area contributed by atoms with Crippen molar-refractivity contribution < 1.29 is 0 Å². The molecule has 1 saturated carbocycles. The van der Waals surface area contributed by atoms with Crippen LogP contribution >= 0.6 is 0 Å². The Kier molecular flexibility index (Phi) is 4.46. The number of rotatable bonds is 5. The molecule has 3 aromatic rings. The number of anilines is 2. The first-order valence-electron chi connectivity index (χ1n) is 10.0. The minimum Gasteiger partial charge on any atom is -0.339 e. The van der Waals surface area contributed by atoms with Crippen LogP contribution in [0, 0.1) is 5.92 Å². The van der Waals surface area contributed by atoms with Crippen molar-refractivity contribution in [1.82, 2.24) is 19.9 Å². The van der Waals surface area contributed by atoms with Gasteiger partial charge in [-0.25, -0.2) is 9.97 Å². The number of nitrogens with zero attached hydrogens (tertiary/aromatic N) is 4. The summed E-state index contributed by atoms with van der Waals surface area (Å²) in [5, 5.41) is 4.60. The molecule has 0 unspecified atom stereocenters. The van der Waals surface area contributed by atoms with E-state index in [9.17, 15) is 0 Å². The molecule has 1 N–H and O–H groups in total. The molecule has 0 amide bonds. The number of hydrogen-bond acceptors (Lipinski definition) is 5. The van der Waals surface area contributed by atoms with Gasteiger partial charge in [-0.05, 0) is 31.0 Å². The quantitative estimate of drug-likeness (QED) is 0.718. The van der Waals surface area contributed by atoms with Gasteiger partial charge in [-0.3, -0.25) is 9.88 Å². The van der Waals surface area contributed by atoms with E-state index < -0.39 is 0 Å². The SMILES string of the molecule is c1ccc2ncc(Nc3ncnc4c3CN(CCC3CCCC3)C4)cc2c1. The Labute approximate surface area is 159 Å². The summed E-state index contributed by atoms with van der Waals surface area (Å²) >= 11 is 0. The zero-order valence-electron chi connectivity index (χ0n) is 15.6. The fourth-order valence-electron chi connectivity index (χ4n) is 4.45. The third-order valence-electron chi connectivity index (χ3n) is 5.97. The van der Waals surface area contributed by atoms with Crippen LogP contribution < -0.4 is 5.32 Å². The molecule has 5 heteroatoms. The molecule has 0 spiro atoms. The van der Waals surface area contributed by atoms with E-state index in [-0.39, 0.29) is 0 Å². The van der Waals surface area contributed by atoms with Crippen molar-refractivity contribution in [1.29, 1.82) is 0 Å². The van der Waals surface area contributed by atoms with Gasteiger partial charge in [-0.1, -0.05) is 43.9 Å². The largest absolute Gasteiger partial charge is 0.339 e. The lowest BCUT2D eigenvalue weighted by atomic mass is 10.0. The van der Waals surface area contributed by atoms with Crippen LogP contribution in [-0.2, 0) is 13.1 Å². The fraction of sp³-hybridized carbons (Fsp3) is 0.409. The molecule has 0 bridgehead atoms. The van der Waals surface area contributed by atoms with Crippen molar-refractivity contribution >= 4 is 22.4 Å². The molecule has 138 valence electrons. The second kappa shape index (κ2) is 7.24. The van der Waals surface area contributed by atoms with Crippen molar-refractivity contribution in [3.05, 3.63) is 54.1 Å². The van der Waals surface area contributed by atoms with Gasteiger partial charge < -0.3 is 5.32 Å². The van der Waals surface area contributed by atoms with Crippen molar-refractivity contribution in [2.24, 2.45) is 5.92 Å². The summed E-state index contributed by atoms with van der Waals surface area (Å²) in [6, 6.07) is 10.3. The van der Waals surface area contributed by atoms with Gasteiger partial charge in [-0.15, -0.1) is 0 Å². The zero-order chi connectivity index (χ0) is 18.1. The van der Waals surface area contributed by atoms with E-state index in [4.69, 9.17) is 0 Å². The molecule has 1 aromatic carbocycles. The van der Waals surface area contributed by atoms with Crippen LogP contribution in [0.15, 0.2) is 42.9 Å². The molecule has 27 heavy (non-hydrogen) atoms. The summed E-state index contributed by atoms with van der Waals surface area (Å²) < 4.78 is 0. The Hall–Kier alpha value is -2.53. The number of pyridine rings is 1. The fourth-order valence-corrected chi connectivity index (χ4v) is 4.45. The molecule has 2 aromatic heterocycles. The predicted octanol–water partition coefficient (Wildman–Crippen LogP) is 4.66. The first-order chi connectivity index (χ1) is 13.3. The lowest BCUT2D eigenvalue weighted by Crippen LogP contribution is -2.19. The third kappa shape index (κ3) is 3.52. The van der Waals surface area contributed by atoms with Gasteiger partial charge in [0.1, 0.15) is 12.1 Å². The maximum absolute atomic E-state index is 4.54. The summed E-state index contributed by atoms with van der Waals surface area (Å²) in [4.78, 5) is 16.1. The molecular weight excluding hydrogens is 334 g/mol. The van der Waals surface area contributed by atoms with Crippen LogP contribution in [-0.4, -0.2) is 26.4 Å². The van der Waals surface area contributed by atoms with Gasteiger partial charge in [0.05, 0.1) is 23.1 Å². The van der Waals surface area contributed by atoms with Crippen LogP contribution in [0.1, 0.15) is 43.4 Å². The summed E-state index contributed by atoms with van der Waals surface area (Å²) in [5.41, 5.74) is 4.37. The van der Waals surface area contributed by atoms with E-state index in [0.29, 0.717) is 0 Å². The molecule has 0 radical (unpaired) electrons. The van der Waals surface area contributed by atoms with E-state index in [0.717, 1.165) is 53.7 Å². The maximum Gasteiger partial charge on any atom is 0.138 e. The molecular formula is C22H25N5. The number of nitrogens with one attached hydrogen (secondary N) is 1. The topological polar surface area (TPSA) is 53.9 Å². The van der Waals surface area contributed by atoms with Crippen molar-refractivity contribution in [3.63, 3.8) is 0 Å². The van der Waals surface area contributed by atoms with Crippen LogP contribution in [0.3, 0.4) is 0 Å². The Balaban J connectivity index is 1.31. The standard InChI is InChI=1S/C22H25N5/c1-2-6-16(5-1)9-10-27-13-19-21(14-27)24-15-25-22(19)26-18-11-17-7-3-4-8-20(17)23-12-18/h3-4,7-8,11-12,15-16H,1-2,5-6,9-10,13-14H2,(H,24,25,26). The molecule has 3 heterocycles. The van der Waals surface area contributed by atoms with Crippen molar-refractivity contribution in [3.8, 4) is 0 Å². The average Bonchev–Trinajstić information content (AvgIpc) is 3.36. The van der Waals surface area contributed by atoms with Crippen LogP contribution in [0.2, 0.25) is 0 Å². The van der Waals surface area contributed by atoms with E-state index in [2.05, 4.69) is 37.3 Å². The van der Waals surface area contributed by atoms with Crippen molar-refractivity contribution in [2.45, 2.75) is 45.2 Å². The second-order valence-electron chi connectivity index (χ2n) is 7.84. The van der Waals surface area contributed by atoms with Crippen LogP contribution in [0.25, 0.3) is 10.9 Å². The Morgan fingerprint density at radius 2 is 1.93 bits per heavy atom. The number of fused-ring (bicyclic) bond motifs is 2. The molecule has 5 nitrogen and oxygen atoms in total. The van der Waals surface area contributed by atoms with E-state index in [1.165, 1.54) is 37.7 Å². The van der Waals surface area contributed by atoms with Crippen molar-refractivity contribution in [2.75, 3.05) is 11.9 Å². The summed E-state index contributed by atoms with van der Waals surface area (Å²) in [6.07, 6.45) is 10.6. The van der Waals surface area contributed by atoms with Crippen LogP contribution in [0.5, 0.6) is 0 Å².